The summed E-state index contributed by atoms with van der Waals surface area (Å²) >= 11 is 3.52. The monoisotopic (exact) mass is 655 g/mol. The van der Waals surface area contributed by atoms with E-state index in [1.807, 2.05) is 100 Å². The number of benzene rings is 3. The van der Waals surface area contributed by atoms with Crippen LogP contribution in [0.5, 0.6) is 0 Å². The number of anilines is 1. The Kier molecular flexibility index (Phi) is 12.2. The van der Waals surface area contributed by atoms with E-state index in [1.54, 1.807) is 4.90 Å². The molecule has 0 bridgehead atoms. The van der Waals surface area contributed by atoms with Crippen LogP contribution >= 0.6 is 15.9 Å². The van der Waals surface area contributed by atoms with E-state index < -0.39 is 16.1 Å². The quantitative estimate of drug-likeness (QED) is 0.225. The molecule has 0 aromatic heterocycles. The van der Waals surface area contributed by atoms with Gasteiger partial charge in [0, 0.05) is 36.4 Å². The van der Waals surface area contributed by atoms with Crippen LogP contribution in [0.15, 0.2) is 77.3 Å². The van der Waals surface area contributed by atoms with E-state index in [0.717, 1.165) is 33.1 Å². The maximum Gasteiger partial charge on any atom is 0.243 e. The van der Waals surface area contributed by atoms with Crippen LogP contribution in [-0.2, 0) is 32.6 Å². The molecule has 2 amide bonds. The summed E-state index contributed by atoms with van der Waals surface area (Å²) < 4.78 is 27.8. The lowest BCUT2D eigenvalue weighted by Crippen LogP contribution is -2.52. The van der Waals surface area contributed by atoms with Crippen molar-refractivity contribution in [3.63, 3.8) is 0 Å². The summed E-state index contributed by atoms with van der Waals surface area (Å²) in [4.78, 5) is 29.3. The Morgan fingerprint density at radius 3 is 2.29 bits per heavy atom. The molecule has 0 unspecified atom stereocenters. The number of halogens is 1. The Labute approximate surface area is 259 Å². The zero-order valence-electron chi connectivity index (χ0n) is 25.1. The SMILES string of the molecule is CC[C@@H](C)NC(=O)[C@@H](Cc1ccccc1)N(Cc1cccc(Br)c1)C(=O)CCCN(c1cc(C)ccc1C)S(C)(=O)=O. The summed E-state index contributed by atoms with van der Waals surface area (Å²) in [5.74, 6) is -0.408. The largest absolute Gasteiger partial charge is 0.352 e. The van der Waals surface area contributed by atoms with Crippen LogP contribution in [0.2, 0.25) is 0 Å². The van der Waals surface area contributed by atoms with Crippen molar-refractivity contribution < 1.29 is 18.0 Å². The minimum Gasteiger partial charge on any atom is -0.352 e. The second-order valence-electron chi connectivity index (χ2n) is 10.9. The van der Waals surface area contributed by atoms with Crippen molar-refractivity contribution in [1.29, 1.82) is 0 Å². The molecule has 0 heterocycles. The predicted octanol–water partition coefficient (Wildman–Crippen LogP) is 6.17. The molecule has 0 aliphatic carbocycles. The number of hydrogen-bond donors (Lipinski definition) is 1. The number of carbonyl (C=O) groups is 2. The lowest BCUT2D eigenvalue weighted by atomic mass is 10.0. The average molecular weight is 657 g/mol. The first-order valence-electron chi connectivity index (χ1n) is 14.3. The zero-order valence-corrected chi connectivity index (χ0v) is 27.5. The van der Waals surface area contributed by atoms with Crippen molar-refractivity contribution in [3.05, 3.63) is 99.5 Å². The van der Waals surface area contributed by atoms with Crippen LogP contribution in [0, 0.1) is 13.8 Å². The van der Waals surface area contributed by atoms with E-state index in [1.165, 1.54) is 10.6 Å². The molecule has 3 aromatic carbocycles. The minimum atomic E-state index is -3.58. The normalized spacial score (nSPS) is 12.8. The van der Waals surface area contributed by atoms with Crippen LogP contribution in [0.4, 0.5) is 5.69 Å². The van der Waals surface area contributed by atoms with Gasteiger partial charge >= 0.3 is 0 Å². The third-order valence-electron chi connectivity index (χ3n) is 7.30. The number of nitrogens with one attached hydrogen (secondary N) is 1. The van der Waals surface area contributed by atoms with Gasteiger partial charge in [-0.15, -0.1) is 0 Å². The van der Waals surface area contributed by atoms with Gasteiger partial charge in [-0.05, 0) is 74.1 Å². The van der Waals surface area contributed by atoms with Gasteiger partial charge in [0.25, 0.3) is 0 Å². The van der Waals surface area contributed by atoms with E-state index in [4.69, 9.17) is 0 Å². The van der Waals surface area contributed by atoms with Gasteiger partial charge in [-0.2, -0.15) is 0 Å². The second kappa shape index (κ2) is 15.3. The molecular weight excluding hydrogens is 614 g/mol. The molecule has 0 aliphatic heterocycles. The van der Waals surface area contributed by atoms with Crippen molar-refractivity contribution in [2.45, 2.75) is 72.0 Å². The molecule has 1 N–H and O–H groups in total. The Balaban J connectivity index is 1.91. The Bertz CT molecular complexity index is 1460. The second-order valence-corrected chi connectivity index (χ2v) is 13.7. The highest BCUT2D eigenvalue weighted by molar-refractivity contribution is 9.10. The average Bonchev–Trinajstić information content (AvgIpc) is 2.94. The number of nitrogens with zero attached hydrogens (tertiary/aromatic N) is 2. The fraction of sp³-hybridized carbons (Fsp3) is 0.394. The zero-order chi connectivity index (χ0) is 30.9. The van der Waals surface area contributed by atoms with Crippen LogP contribution in [0.25, 0.3) is 0 Å². The smallest absolute Gasteiger partial charge is 0.243 e. The molecule has 0 saturated heterocycles. The van der Waals surface area contributed by atoms with Crippen molar-refractivity contribution >= 4 is 43.5 Å². The van der Waals surface area contributed by atoms with Crippen molar-refractivity contribution in [2.75, 3.05) is 17.1 Å². The Morgan fingerprint density at radius 2 is 1.64 bits per heavy atom. The van der Waals surface area contributed by atoms with Crippen molar-refractivity contribution in [1.82, 2.24) is 10.2 Å². The summed E-state index contributed by atoms with van der Waals surface area (Å²) in [5, 5.41) is 3.08. The van der Waals surface area contributed by atoms with E-state index >= 15 is 0 Å². The maximum absolute atomic E-state index is 14.0. The Morgan fingerprint density at radius 1 is 0.952 bits per heavy atom. The Hall–Kier alpha value is -3.17. The molecule has 0 aliphatic rings. The van der Waals surface area contributed by atoms with Crippen LogP contribution in [0.3, 0.4) is 0 Å². The van der Waals surface area contributed by atoms with Gasteiger partial charge in [0.2, 0.25) is 21.8 Å². The van der Waals surface area contributed by atoms with E-state index in [-0.39, 0.29) is 37.4 Å². The highest BCUT2D eigenvalue weighted by Crippen LogP contribution is 2.25. The van der Waals surface area contributed by atoms with Gasteiger partial charge in [-0.3, -0.25) is 13.9 Å². The molecule has 42 heavy (non-hydrogen) atoms. The maximum atomic E-state index is 14.0. The van der Waals surface area contributed by atoms with Gasteiger partial charge in [-0.25, -0.2) is 8.42 Å². The summed E-state index contributed by atoms with van der Waals surface area (Å²) in [7, 11) is -3.58. The van der Waals surface area contributed by atoms with Crippen LogP contribution < -0.4 is 9.62 Å². The number of amides is 2. The lowest BCUT2D eigenvalue weighted by Gasteiger charge is -2.33. The van der Waals surface area contributed by atoms with E-state index in [2.05, 4.69) is 21.2 Å². The first kappa shape index (κ1) is 33.3. The first-order chi connectivity index (χ1) is 19.9. The number of carbonyl (C=O) groups excluding carboxylic acids is 2. The van der Waals surface area contributed by atoms with Gasteiger partial charge in [-0.1, -0.05) is 77.5 Å². The van der Waals surface area contributed by atoms with Gasteiger partial charge in [0.15, 0.2) is 0 Å². The topological polar surface area (TPSA) is 86.8 Å². The fourth-order valence-electron chi connectivity index (χ4n) is 4.80. The number of hydrogen-bond acceptors (Lipinski definition) is 4. The summed E-state index contributed by atoms with van der Waals surface area (Å²) in [6.45, 7) is 8.15. The first-order valence-corrected chi connectivity index (χ1v) is 17.0. The van der Waals surface area contributed by atoms with Gasteiger partial charge < -0.3 is 10.2 Å². The number of rotatable bonds is 14. The molecule has 9 heteroatoms. The number of sulfonamides is 1. The molecule has 2 atom stereocenters. The summed E-state index contributed by atoms with van der Waals surface area (Å²) in [5.41, 5.74) is 4.26. The molecular formula is C33H42BrN3O4S. The molecule has 0 spiro atoms. The molecule has 0 saturated carbocycles. The minimum absolute atomic E-state index is 0.0421. The van der Waals surface area contributed by atoms with Crippen molar-refractivity contribution in [2.24, 2.45) is 0 Å². The number of aryl methyl sites for hydroxylation is 2. The molecule has 0 radical (unpaired) electrons. The van der Waals surface area contributed by atoms with Gasteiger partial charge in [0.05, 0.1) is 11.9 Å². The van der Waals surface area contributed by atoms with Gasteiger partial charge in [0.1, 0.15) is 6.04 Å². The molecule has 226 valence electrons. The molecule has 0 fully saturated rings. The third-order valence-corrected chi connectivity index (χ3v) is 8.97. The third kappa shape index (κ3) is 9.70. The highest BCUT2D eigenvalue weighted by atomic mass is 79.9. The standard InChI is InChI=1S/C33H42BrN3O4S/c1-6-26(4)35-33(39)31(22-27-12-8-7-9-13-27)36(23-28-14-10-15-29(34)21-28)32(38)16-11-19-37(42(5,40)41)30-20-24(2)17-18-25(30)3/h7-10,12-15,17-18,20-21,26,31H,6,11,16,19,22-23H2,1-5H3,(H,35,39)/t26-,31-/m1/s1. The van der Waals surface area contributed by atoms with E-state index in [0.29, 0.717) is 18.5 Å². The van der Waals surface area contributed by atoms with Crippen LogP contribution in [0.1, 0.15) is 55.4 Å². The fourth-order valence-corrected chi connectivity index (χ4v) is 6.26. The van der Waals surface area contributed by atoms with Crippen molar-refractivity contribution in [3.8, 4) is 0 Å². The molecule has 7 nitrogen and oxygen atoms in total. The van der Waals surface area contributed by atoms with E-state index in [9.17, 15) is 18.0 Å². The van der Waals surface area contributed by atoms with Crippen LogP contribution in [-0.4, -0.2) is 50.0 Å². The summed E-state index contributed by atoms with van der Waals surface area (Å²) in [6, 6.07) is 22.3. The highest BCUT2D eigenvalue weighted by Gasteiger charge is 2.31. The summed E-state index contributed by atoms with van der Waals surface area (Å²) in [6.07, 6.45) is 2.71. The molecule has 3 rings (SSSR count). The predicted molar refractivity (Wildman–Crippen MR) is 174 cm³/mol. The molecule has 3 aromatic rings. The lowest BCUT2D eigenvalue weighted by molar-refractivity contribution is -0.141.